The third-order valence-corrected chi connectivity index (χ3v) is 5.68. The molecule has 164 valence electrons. The standard InChI is InChI=1S/C26H23N5O2/c27-24-23-22(20-7-4-8-21(15-20)33-16-17-5-2-1-3-6-17)30-26(31(23)14-13-29-24)19-11-9-18(10-12-19)25(28)32/h1-11,13-15,19H,12,16H2,(H2,27,29)(H2,28,32). The van der Waals surface area contributed by atoms with Crippen LogP contribution in [-0.4, -0.2) is 20.3 Å². The molecular formula is C26H23N5O2. The maximum Gasteiger partial charge on any atom is 0.248 e. The predicted octanol–water partition coefficient (Wildman–Crippen LogP) is 4.01. The summed E-state index contributed by atoms with van der Waals surface area (Å²) in [5.74, 6) is 1.51. The number of nitrogens with two attached hydrogens (primary N) is 2. The number of benzene rings is 2. The molecule has 1 aliphatic carbocycles. The summed E-state index contributed by atoms with van der Waals surface area (Å²) in [7, 11) is 0. The SMILES string of the molecule is NC(=O)C1=CCC(c2nc(-c3cccc(OCc4ccccc4)c3)c3c(N)nccn23)C=C1. The highest BCUT2D eigenvalue weighted by atomic mass is 16.5. The number of allylic oxidation sites excluding steroid dienone is 2. The molecule has 0 fully saturated rings. The Morgan fingerprint density at radius 2 is 2.00 bits per heavy atom. The zero-order valence-corrected chi connectivity index (χ0v) is 17.9. The highest BCUT2D eigenvalue weighted by molar-refractivity contribution is 5.95. The molecule has 1 unspecified atom stereocenters. The van der Waals surface area contributed by atoms with Gasteiger partial charge in [-0.2, -0.15) is 0 Å². The molecule has 2 aromatic carbocycles. The van der Waals surface area contributed by atoms with Crippen molar-refractivity contribution in [3.63, 3.8) is 0 Å². The van der Waals surface area contributed by atoms with E-state index in [1.165, 1.54) is 0 Å². The first-order chi connectivity index (χ1) is 16.1. The van der Waals surface area contributed by atoms with Gasteiger partial charge in [0.25, 0.3) is 0 Å². The zero-order chi connectivity index (χ0) is 22.8. The molecule has 4 N–H and O–H groups in total. The number of nitrogen functional groups attached to an aromatic ring is 1. The van der Waals surface area contributed by atoms with Crippen LogP contribution >= 0.6 is 0 Å². The Kier molecular flexibility index (Phi) is 5.36. The zero-order valence-electron chi connectivity index (χ0n) is 17.9. The summed E-state index contributed by atoms with van der Waals surface area (Å²) in [6.45, 7) is 0.477. The van der Waals surface area contributed by atoms with Gasteiger partial charge in [-0.3, -0.25) is 9.20 Å². The predicted molar refractivity (Wildman–Crippen MR) is 127 cm³/mol. The van der Waals surface area contributed by atoms with Gasteiger partial charge in [-0.25, -0.2) is 9.97 Å². The molecule has 0 bridgehead atoms. The van der Waals surface area contributed by atoms with E-state index in [0.717, 1.165) is 33.9 Å². The highest BCUT2D eigenvalue weighted by Crippen LogP contribution is 2.34. The first-order valence-electron chi connectivity index (χ1n) is 10.7. The molecule has 5 rings (SSSR count). The van der Waals surface area contributed by atoms with Gasteiger partial charge in [0, 0.05) is 29.4 Å². The number of hydrogen-bond donors (Lipinski definition) is 2. The van der Waals surface area contributed by atoms with Crippen LogP contribution in [0.5, 0.6) is 5.75 Å². The second kappa shape index (κ2) is 8.63. The van der Waals surface area contributed by atoms with E-state index in [9.17, 15) is 4.79 Å². The molecular weight excluding hydrogens is 414 g/mol. The maximum absolute atomic E-state index is 11.5. The molecule has 7 nitrogen and oxygen atoms in total. The van der Waals surface area contributed by atoms with Gasteiger partial charge in [-0.15, -0.1) is 0 Å². The third kappa shape index (κ3) is 4.08. The molecule has 0 saturated heterocycles. The van der Waals surface area contributed by atoms with Crippen LogP contribution in [0.25, 0.3) is 16.8 Å². The maximum atomic E-state index is 11.5. The van der Waals surface area contributed by atoms with Gasteiger partial charge in [-0.05, 0) is 24.1 Å². The van der Waals surface area contributed by atoms with Crippen molar-refractivity contribution in [1.29, 1.82) is 0 Å². The van der Waals surface area contributed by atoms with Gasteiger partial charge in [0.1, 0.15) is 35.2 Å². The van der Waals surface area contributed by atoms with E-state index in [1.807, 2.05) is 77.3 Å². The molecule has 0 spiro atoms. The second-order valence-corrected chi connectivity index (χ2v) is 7.88. The molecule has 7 heteroatoms. The van der Waals surface area contributed by atoms with Crippen molar-refractivity contribution in [2.45, 2.75) is 18.9 Å². The van der Waals surface area contributed by atoms with Gasteiger partial charge >= 0.3 is 0 Å². The first kappa shape index (κ1) is 20.5. The van der Waals surface area contributed by atoms with Crippen molar-refractivity contribution in [3.8, 4) is 17.0 Å². The number of aromatic nitrogens is 3. The van der Waals surface area contributed by atoms with Crippen LogP contribution in [0.1, 0.15) is 23.7 Å². The summed E-state index contributed by atoms with van der Waals surface area (Å²) in [6.07, 6.45) is 9.68. The topological polar surface area (TPSA) is 109 Å². The number of carbonyl (C=O) groups excluding carboxylic acids is 1. The Balaban J connectivity index is 1.50. The Bertz CT molecular complexity index is 1390. The molecule has 1 atom stereocenters. The van der Waals surface area contributed by atoms with E-state index in [0.29, 0.717) is 24.4 Å². The number of primary amides is 1. The number of imidazole rings is 1. The summed E-state index contributed by atoms with van der Waals surface area (Å²) >= 11 is 0. The average Bonchev–Trinajstić information content (AvgIpc) is 3.25. The summed E-state index contributed by atoms with van der Waals surface area (Å²) in [5, 5.41) is 0. The van der Waals surface area contributed by atoms with Gasteiger partial charge in [0.05, 0.1) is 0 Å². The van der Waals surface area contributed by atoms with Crippen LogP contribution in [0.15, 0.2) is 90.8 Å². The molecule has 4 aromatic rings. The minimum Gasteiger partial charge on any atom is -0.489 e. The fourth-order valence-electron chi connectivity index (χ4n) is 4.02. The van der Waals surface area contributed by atoms with Crippen molar-refractivity contribution < 1.29 is 9.53 Å². The number of fused-ring (bicyclic) bond motifs is 1. The normalized spacial score (nSPS) is 15.4. The number of amides is 1. The molecule has 33 heavy (non-hydrogen) atoms. The Morgan fingerprint density at radius 3 is 2.76 bits per heavy atom. The fourth-order valence-corrected chi connectivity index (χ4v) is 4.02. The lowest BCUT2D eigenvalue weighted by Gasteiger charge is -2.14. The number of ether oxygens (including phenoxy) is 1. The number of nitrogens with zero attached hydrogens (tertiary/aromatic N) is 3. The Morgan fingerprint density at radius 1 is 1.15 bits per heavy atom. The van der Waals surface area contributed by atoms with E-state index in [4.69, 9.17) is 21.2 Å². The second-order valence-electron chi connectivity index (χ2n) is 7.88. The van der Waals surface area contributed by atoms with Crippen LogP contribution < -0.4 is 16.2 Å². The van der Waals surface area contributed by atoms with Crippen LogP contribution in [-0.2, 0) is 11.4 Å². The van der Waals surface area contributed by atoms with Crippen molar-refractivity contribution in [3.05, 3.63) is 102 Å². The van der Waals surface area contributed by atoms with E-state index < -0.39 is 5.91 Å². The number of anilines is 1. The van der Waals surface area contributed by atoms with Gasteiger partial charge in [0.2, 0.25) is 5.91 Å². The Hall–Kier alpha value is -4.39. The fraction of sp³-hybridized carbons (Fsp3) is 0.115. The summed E-state index contributed by atoms with van der Waals surface area (Å²) in [5.41, 5.74) is 15.6. The van der Waals surface area contributed by atoms with Crippen molar-refractivity contribution in [2.75, 3.05) is 5.73 Å². The molecule has 2 heterocycles. The lowest BCUT2D eigenvalue weighted by atomic mass is 9.96. The van der Waals surface area contributed by atoms with Crippen molar-refractivity contribution >= 4 is 17.2 Å². The largest absolute Gasteiger partial charge is 0.489 e. The molecule has 1 amide bonds. The summed E-state index contributed by atoms with van der Waals surface area (Å²) in [6, 6.07) is 17.8. The van der Waals surface area contributed by atoms with E-state index in [1.54, 1.807) is 12.3 Å². The van der Waals surface area contributed by atoms with Gasteiger partial charge < -0.3 is 16.2 Å². The quantitative estimate of drug-likeness (QED) is 0.474. The molecule has 0 radical (unpaired) electrons. The summed E-state index contributed by atoms with van der Waals surface area (Å²) < 4.78 is 7.98. The minimum atomic E-state index is -0.431. The number of rotatable bonds is 6. The van der Waals surface area contributed by atoms with Gasteiger partial charge in [-0.1, -0.05) is 60.7 Å². The van der Waals surface area contributed by atoms with Crippen LogP contribution in [0.3, 0.4) is 0 Å². The number of hydrogen-bond acceptors (Lipinski definition) is 5. The lowest BCUT2D eigenvalue weighted by Crippen LogP contribution is -2.15. The van der Waals surface area contributed by atoms with Crippen molar-refractivity contribution in [1.82, 2.24) is 14.4 Å². The minimum absolute atomic E-state index is 0.0198. The molecule has 0 aliphatic heterocycles. The van der Waals surface area contributed by atoms with E-state index >= 15 is 0 Å². The molecule has 2 aromatic heterocycles. The molecule has 0 saturated carbocycles. The summed E-state index contributed by atoms with van der Waals surface area (Å²) in [4.78, 5) is 20.7. The third-order valence-electron chi connectivity index (χ3n) is 5.68. The van der Waals surface area contributed by atoms with E-state index in [2.05, 4.69) is 4.98 Å². The van der Waals surface area contributed by atoms with Crippen LogP contribution in [0.2, 0.25) is 0 Å². The Labute approximate surface area is 191 Å². The first-order valence-corrected chi connectivity index (χ1v) is 10.7. The van der Waals surface area contributed by atoms with Crippen LogP contribution in [0, 0.1) is 0 Å². The van der Waals surface area contributed by atoms with Crippen molar-refractivity contribution in [2.24, 2.45) is 5.73 Å². The smallest absolute Gasteiger partial charge is 0.248 e. The van der Waals surface area contributed by atoms with Crippen LogP contribution in [0.4, 0.5) is 5.82 Å². The average molecular weight is 438 g/mol. The van der Waals surface area contributed by atoms with Gasteiger partial charge in [0.15, 0.2) is 0 Å². The monoisotopic (exact) mass is 437 g/mol. The van der Waals surface area contributed by atoms with E-state index in [-0.39, 0.29) is 5.92 Å². The number of carbonyl (C=O) groups is 1. The highest BCUT2D eigenvalue weighted by Gasteiger charge is 2.22. The molecule has 1 aliphatic rings. The lowest BCUT2D eigenvalue weighted by molar-refractivity contribution is -0.114.